The molecule has 4 heteroatoms. The van der Waals surface area contributed by atoms with Gasteiger partial charge in [-0.05, 0) is 108 Å². The Bertz CT molecular complexity index is 3550. The maximum atomic E-state index is 2.58. The zero-order valence-electron chi connectivity index (χ0n) is 36.4. The molecule has 0 fully saturated rings. The van der Waals surface area contributed by atoms with Crippen LogP contribution in [0, 0.1) is 0 Å². The molecule has 0 radical (unpaired) electrons. The third-order valence-corrected chi connectivity index (χ3v) is 13.8. The van der Waals surface area contributed by atoms with Gasteiger partial charge >= 0.3 is 0 Å². The molecule has 306 valence electrons. The highest BCUT2D eigenvalue weighted by Crippen LogP contribution is 2.52. The van der Waals surface area contributed by atoms with Gasteiger partial charge in [-0.3, -0.25) is 0 Å². The highest BCUT2D eigenvalue weighted by Gasteiger charge is 2.29. The molecule has 0 atom stereocenters. The summed E-state index contributed by atoms with van der Waals surface area (Å²) in [6.07, 6.45) is 0. The highest BCUT2D eigenvalue weighted by molar-refractivity contribution is 6.32. The molecule has 13 aromatic rings. The molecule has 9 aromatic carbocycles. The van der Waals surface area contributed by atoms with E-state index in [4.69, 9.17) is 0 Å². The van der Waals surface area contributed by atoms with Crippen LogP contribution in [0.4, 0.5) is 34.1 Å². The van der Waals surface area contributed by atoms with Gasteiger partial charge in [0.05, 0.1) is 44.5 Å². The van der Waals surface area contributed by atoms with Crippen LogP contribution in [0.2, 0.25) is 0 Å². The molecule has 0 unspecified atom stereocenters. The van der Waals surface area contributed by atoms with Crippen molar-refractivity contribution in [2.45, 2.75) is 39.5 Å². The Morgan fingerprint density at radius 3 is 0.984 bits per heavy atom. The first kappa shape index (κ1) is 36.8. The molecule has 0 N–H and O–H groups in total. The van der Waals surface area contributed by atoms with Gasteiger partial charge in [0.15, 0.2) is 0 Å². The van der Waals surface area contributed by atoms with Crippen LogP contribution in [0.5, 0.6) is 0 Å². The normalized spacial score (nSPS) is 12.3. The summed E-state index contributed by atoms with van der Waals surface area (Å²) in [7, 11) is 0. The lowest BCUT2D eigenvalue weighted by molar-refractivity contribution is 0.877. The van der Waals surface area contributed by atoms with Gasteiger partial charge in [-0.15, -0.1) is 0 Å². The summed E-state index contributed by atoms with van der Waals surface area (Å²) in [5, 5.41) is 10.3. The summed E-state index contributed by atoms with van der Waals surface area (Å²) in [6.45, 7) is 9.31. The molecule has 13 rings (SSSR count). The molecule has 0 aliphatic heterocycles. The summed E-state index contributed by atoms with van der Waals surface area (Å²) in [5.41, 5.74) is 17.2. The Labute approximate surface area is 372 Å². The molecule has 64 heavy (non-hydrogen) atoms. The number of para-hydroxylation sites is 4. The van der Waals surface area contributed by atoms with E-state index in [9.17, 15) is 0 Å². The van der Waals surface area contributed by atoms with Crippen LogP contribution in [-0.2, 0) is 0 Å². The first-order valence-electron chi connectivity index (χ1n) is 22.7. The fraction of sp³-hybridized carbons (Fsp3) is 0.100. The quantitative estimate of drug-likeness (QED) is 0.152. The third kappa shape index (κ3) is 5.05. The average molecular weight is 823 g/mol. The number of aromatic nitrogens is 2. The van der Waals surface area contributed by atoms with E-state index in [0.717, 1.165) is 22.7 Å². The van der Waals surface area contributed by atoms with Crippen LogP contribution >= 0.6 is 0 Å². The Balaban J connectivity index is 1.18. The summed E-state index contributed by atoms with van der Waals surface area (Å²) in [4.78, 5) is 4.89. The maximum Gasteiger partial charge on any atom is 0.0641 e. The van der Waals surface area contributed by atoms with Crippen molar-refractivity contribution in [2.24, 2.45) is 0 Å². The van der Waals surface area contributed by atoms with Crippen molar-refractivity contribution in [3.05, 3.63) is 205 Å². The van der Waals surface area contributed by atoms with Crippen molar-refractivity contribution in [1.29, 1.82) is 0 Å². The van der Waals surface area contributed by atoms with Crippen molar-refractivity contribution in [3.8, 4) is 0 Å². The second kappa shape index (κ2) is 13.8. The van der Waals surface area contributed by atoms with E-state index in [2.05, 4.69) is 240 Å². The van der Waals surface area contributed by atoms with Crippen molar-refractivity contribution in [1.82, 2.24) is 8.80 Å². The van der Waals surface area contributed by atoms with Gasteiger partial charge in [-0.2, -0.15) is 0 Å². The maximum absolute atomic E-state index is 2.58. The standard InChI is InChI=1S/C60H46N4/c1-37(2)43-27-17-29-49-55(43)57-51(61(39-19-9-5-10-20-39)40-21-11-6-12-22-40)33-31-45-47-36-54-48(35-53(47)63(49)59(45)57)46-32-34-52(62(41-23-13-7-14-24-41)42-25-15-8-16-26-42)58-56-44(38(3)4)28-18-30-50(56)64(54)60(46)58/h5-38H,1-4H3. The topological polar surface area (TPSA) is 15.3 Å². The van der Waals surface area contributed by atoms with Gasteiger partial charge in [0.1, 0.15) is 0 Å². The minimum absolute atomic E-state index is 0.341. The second-order valence-corrected chi connectivity index (χ2v) is 18.1. The van der Waals surface area contributed by atoms with E-state index in [1.807, 2.05) is 0 Å². The van der Waals surface area contributed by atoms with Crippen LogP contribution < -0.4 is 9.80 Å². The van der Waals surface area contributed by atoms with E-state index in [-0.39, 0.29) is 0 Å². The van der Waals surface area contributed by atoms with Gasteiger partial charge in [-0.25, -0.2) is 0 Å². The number of hydrogen-bond donors (Lipinski definition) is 0. The van der Waals surface area contributed by atoms with Crippen molar-refractivity contribution >= 4 is 110 Å². The van der Waals surface area contributed by atoms with Crippen LogP contribution in [-0.4, -0.2) is 8.80 Å². The Morgan fingerprint density at radius 1 is 0.312 bits per heavy atom. The molecule has 4 nitrogen and oxygen atoms in total. The number of anilines is 6. The second-order valence-electron chi connectivity index (χ2n) is 18.1. The molecule has 0 saturated carbocycles. The molecule has 0 aliphatic carbocycles. The Hall–Kier alpha value is -7.82. The molecule has 0 saturated heterocycles. The molecule has 4 aromatic heterocycles. The van der Waals surface area contributed by atoms with Gasteiger partial charge in [0, 0.05) is 65.8 Å². The summed E-state index contributed by atoms with van der Waals surface area (Å²) < 4.78 is 5.17. The zero-order chi connectivity index (χ0) is 42.8. The lowest BCUT2D eigenvalue weighted by Gasteiger charge is -2.26. The van der Waals surface area contributed by atoms with E-state index in [1.165, 1.54) is 98.7 Å². The fourth-order valence-electron chi connectivity index (χ4n) is 11.2. The lowest BCUT2D eigenvalue weighted by atomic mass is 9.95. The number of rotatable bonds is 8. The molecular weight excluding hydrogens is 777 g/mol. The first-order chi connectivity index (χ1) is 31.5. The molecular formula is C60H46N4. The average Bonchev–Trinajstić information content (AvgIpc) is 4.06. The van der Waals surface area contributed by atoms with Crippen LogP contribution in [0.15, 0.2) is 194 Å². The van der Waals surface area contributed by atoms with Crippen molar-refractivity contribution in [3.63, 3.8) is 0 Å². The van der Waals surface area contributed by atoms with Crippen LogP contribution in [0.1, 0.15) is 50.7 Å². The van der Waals surface area contributed by atoms with Gasteiger partial charge in [0.25, 0.3) is 0 Å². The largest absolute Gasteiger partial charge is 0.310 e. The van der Waals surface area contributed by atoms with Gasteiger partial charge in [-0.1, -0.05) is 137 Å². The van der Waals surface area contributed by atoms with Crippen LogP contribution in [0.3, 0.4) is 0 Å². The highest BCUT2D eigenvalue weighted by atomic mass is 15.2. The smallest absolute Gasteiger partial charge is 0.0641 e. The van der Waals surface area contributed by atoms with Gasteiger partial charge in [0.2, 0.25) is 0 Å². The Kier molecular flexibility index (Phi) is 7.96. The summed E-state index contributed by atoms with van der Waals surface area (Å²) in [5.74, 6) is 0.682. The number of nitrogens with zero attached hydrogens (tertiary/aromatic N) is 4. The van der Waals surface area contributed by atoms with E-state index in [1.54, 1.807) is 0 Å². The monoisotopic (exact) mass is 822 g/mol. The predicted molar refractivity (Wildman–Crippen MR) is 273 cm³/mol. The lowest BCUT2D eigenvalue weighted by Crippen LogP contribution is -2.10. The molecule has 0 aliphatic rings. The minimum atomic E-state index is 0.341. The summed E-state index contributed by atoms with van der Waals surface area (Å²) in [6, 6.07) is 71.7. The number of hydrogen-bond acceptors (Lipinski definition) is 2. The summed E-state index contributed by atoms with van der Waals surface area (Å²) >= 11 is 0. The molecule has 0 bridgehead atoms. The molecule has 0 amide bonds. The van der Waals surface area contributed by atoms with E-state index < -0.39 is 0 Å². The van der Waals surface area contributed by atoms with Crippen molar-refractivity contribution < 1.29 is 0 Å². The zero-order valence-corrected chi connectivity index (χ0v) is 36.4. The Morgan fingerprint density at radius 2 is 0.656 bits per heavy atom. The molecule has 0 spiro atoms. The van der Waals surface area contributed by atoms with Crippen molar-refractivity contribution in [2.75, 3.05) is 9.80 Å². The fourth-order valence-corrected chi connectivity index (χ4v) is 11.2. The third-order valence-electron chi connectivity index (χ3n) is 13.8. The van der Waals surface area contributed by atoms with E-state index in [0.29, 0.717) is 11.8 Å². The number of benzene rings is 9. The van der Waals surface area contributed by atoms with Gasteiger partial charge < -0.3 is 18.6 Å². The minimum Gasteiger partial charge on any atom is -0.310 e. The van der Waals surface area contributed by atoms with E-state index >= 15 is 0 Å². The van der Waals surface area contributed by atoms with Crippen LogP contribution in [0.25, 0.3) is 76.2 Å². The number of fused-ring (bicyclic) bond motifs is 12. The predicted octanol–water partition coefficient (Wildman–Crippen LogP) is 17.2. The molecule has 4 heterocycles. The first-order valence-corrected chi connectivity index (χ1v) is 22.7. The SMILES string of the molecule is CC(C)c1cccc2c1c1c(N(c3ccccc3)c3ccccc3)ccc3c4cc5c(cc4n2c31)c1ccc(N(c2ccccc2)c2ccccc2)c2c3c(C(C)C)cccc3n5c12.